The van der Waals surface area contributed by atoms with Crippen molar-refractivity contribution in [2.45, 2.75) is 24.2 Å². The molecular weight excluding hydrogens is 298 g/mol. The lowest BCUT2D eigenvalue weighted by molar-refractivity contribution is -0.136. The summed E-state index contributed by atoms with van der Waals surface area (Å²) < 4.78 is 12.2. The summed E-state index contributed by atoms with van der Waals surface area (Å²) in [5, 5.41) is 1.56. The van der Waals surface area contributed by atoms with Crippen molar-refractivity contribution in [3.05, 3.63) is 35.2 Å². The van der Waals surface area contributed by atoms with Gasteiger partial charge in [-0.15, -0.1) is 0 Å². The molecule has 5 rings (SSSR count). The van der Waals surface area contributed by atoms with Gasteiger partial charge in [-0.05, 0) is 37.2 Å². The Hall–Kier alpha value is -1.75. The van der Waals surface area contributed by atoms with Crippen LogP contribution < -0.4 is 0 Å². The van der Waals surface area contributed by atoms with Crippen LogP contribution in [0.25, 0.3) is 5.70 Å². The number of nitrogens with zero attached hydrogens (tertiary/aromatic N) is 1. The van der Waals surface area contributed by atoms with E-state index in [2.05, 4.69) is 0 Å². The van der Waals surface area contributed by atoms with Gasteiger partial charge in [-0.25, -0.2) is 9.11 Å². The van der Waals surface area contributed by atoms with Gasteiger partial charge in [0.05, 0.1) is 33.2 Å². The van der Waals surface area contributed by atoms with Gasteiger partial charge >= 0.3 is 0 Å². The Morgan fingerprint density at radius 2 is 1.64 bits per heavy atom. The van der Waals surface area contributed by atoms with Gasteiger partial charge in [0.25, 0.3) is 0 Å². The molecule has 2 saturated carbocycles. The fraction of sp³-hybridized carbons (Fsp3) is 0.412. The molecule has 4 aliphatic rings. The maximum Gasteiger partial charge on any atom is 0.238 e. The normalized spacial score (nSPS) is 38.5. The van der Waals surface area contributed by atoms with Crippen molar-refractivity contribution >= 4 is 28.3 Å². The van der Waals surface area contributed by atoms with Crippen LogP contribution in [-0.4, -0.2) is 20.9 Å². The SMILES string of the molecule is O=C1[C@@H]2C3CCC(C3)[C@@H]2C(=O)N1C1=CS(=O)c2ccccc21. The molecule has 2 heterocycles. The molecule has 2 bridgehead atoms. The highest BCUT2D eigenvalue weighted by Gasteiger charge is 2.61. The fourth-order valence-corrected chi connectivity index (χ4v) is 6.07. The van der Waals surface area contributed by atoms with Crippen LogP contribution in [-0.2, 0) is 20.4 Å². The van der Waals surface area contributed by atoms with E-state index in [1.807, 2.05) is 18.2 Å². The number of hydrogen-bond acceptors (Lipinski definition) is 3. The van der Waals surface area contributed by atoms with Gasteiger partial charge in [-0.3, -0.25) is 9.59 Å². The summed E-state index contributed by atoms with van der Waals surface area (Å²) >= 11 is 0. The zero-order valence-corrected chi connectivity index (χ0v) is 12.7. The highest BCUT2D eigenvalue weighted by Crippen LogP contribution is 2.57. The van der Waals surface area contributed by atoms with Crippen molar-refractivity contribution in [1.82, 2.24) is 4.90 Å². The molecule has 0 radical (unpaired) electrons. The molecule has 112 valence electrons. The molecule has 2 aliphatic heterocycles. The van der Waals surface area contributed by atoms with Crippen LogP contribution in [0.3, 0.4) is 0 Å². The number of fused-ring (bicyclic) bond motifs is 6. The van der Waals surface area contributed by atoms with E-state index in [1.165, 1.54) is 4.90 Å². The van der Waals surface area contributed by atoms with E-state index in [1.54, 1.807) is 11.5 Å². The Morgan fingerprint density at radius 1 is 1.00 bits per heavy atom. The molecule has 2 aliphatic carbocycles. The molecule has 0 N–H and O–H groups in total. The summed E-state index contributed by atoms with van der Waals surface area (Å²) in [5.41, 5.74) is 1.30. The van der Waals surface area contributed by atoms with Crippen LogP contribution in [0.2, 0.25) is 0 Å². The van der Waals surface area contributed by atoms with E-state index in [-0.39, 0.29) is 23.7 Å². The molecule has 3 fully saturated rings. The maximum absolute atomic E-state index is 12.9. The van der Waals surface area contributed by atoms with E-state index in [0.29, 0.717) is 22.4 Å². The number of carbonyl (C=O) groups excluding carboxylic acids is 2. The lowest BCUT2D eigenvalue weighted by atomic mass is 9.81. The van der Waals surface area contributed by atoms with Gasteiger partial charge in [-0.1, -0.05) is 18.2 Å². The lowest BCUT2D eigenvalue weighted by Crippen LogP contribution is -2.31. The molecule has 5 atom stereocenters. The van der Waals surface area contributed by atoms with E-state index >= 15 is 0 Å². The van der Waals surface area contributed by atoms with Crippen molar-refractivity contribution in [2.24, 2.45) is 23.7 Å². The molecule has 0 spiro atoms. The number of likely N-dealkylation sites (tertiary alicyclic amines) is 1. The molecular formula is C17H15NO3S. The molecule has 1 aromatic carbocycles. The van der Waals surface area contributed by atoms with Crippen molar-refractivity contribution in [3.63, 3.8) is 0 Å². The molecule has 0 aromatic heterocycles. The standard InChI is InChI=1S/C17H15NO3S/c19-16-14-9-5-6-10(7-9)15(14)17(20)18(16)12-8-22(21)13-4-2-1-3-11(12)13/h1-4,8-10,14-15H,5-7H2/t9?,10?,14-,15+,22?. The van der Waals surface area contributed by atoms with Gasteiger partial charge in [0.15, 0.2) is 0 Å². The monoisotopic (exact) mass is 313 g/mol. The number of amides is 2. The van der Waals surface area contributed by atoms with Crippen LogP contribution in [0.4, 0.5) is 0 Å². The van der Waals surface area contributed by atoms with E-state index < -0.39 is 10.8 Å². The smallest absolute Gasteiger partial charge is 0.238 e. The third kappa shape index (κ3) is 1.40. The fourth-order valence-electron chi connectivity index (χ4n) is 4.90. The molecule has 5 heteroatoms. The first-order chi connectivity index (χ1) is 10.7. The van der Waals surface area contributed by atoms with Gasteiger partial charge < -0.3 is 0 Å². The minimum Gasteiger partial charge on any atom is -0.274 e. The number of benzene rings is 1. The second-order valence-corrected chi connectivity index (χ2v) is 7.96. The molecule has 2 amide bonds. The maximum atomic E-state index is 12.9. The van der Waals surface area contributed by atoms with Crippen LogP contribution >= 0.6 is 0 Å². The zero-order chi connectivity index (χ0) is 15.0. The lowest BCUT2D eigenvalue weighted by Gasteiger charge is -2.19. The minimum absolute atomic E-state index is 0.0675. The Labute approximate surface area is 130 Å². The first-order valence-corrected chi connectivity index (χ1v) is 8.97. The average Bonchev–Trinajstić information content (AvgIpc) is 3.25. The Balaban J connectivity index is 1.60. The van der Waals surface area contributed by atoms with Crippen LogP contribution in [0.15, 0.2) is 34.6 Å². The number of hydrogen-bond donors (Lipinski definition) is 0. The van der Waals surface area contributed by atoms with Crippen molar-refractivity contribution < 1.29 is 13.8 Å². The third-order valence-electron chi connectivity index (χ3n) is 5.77. The predicted octanol–water partition coefficient (Wildman–Crippen LogP) is 2.14. The second-order valence-electron chi connectivity index (χ2n) is 6.69. The summed E-state index contributed by atoms with van der Waals surface area (Å²) in [4.78, 5) is 27.7. The topological polar surface area (TPSA) is 54.5 Å². The van der Waals surface area contributed by atoms with Crippen LogP contribution in [0.5, 0.6) is 0 Å². The Kier molecular flexibility index (Phi) is 2.41. The summed E-state index contributed by atoms with van der Waals surface area (Å²) in [6.07, 6.45) is 3.17. The van der Waals surface area contributed by atoms with Gasteiger partial charge in [0, 0.05) is 11.0 Å². The highest BCUT2D eigenvalue weighted by molar-refractivity contribution is 7.88. The van der Waals surface area contributed by atoms with Crippen molar-refractivity contribution in [2.75, 3.05) is 0 Å². The molecule has 1 aromatic rings. The number of rotatable bonds is 1. The third-order valence-corrected chi connectivity index (χ3v) is 6.99. The molecule has 4 nitrogen and oxygen atoms in total. The first kappa shape index (κ1) is 12.8. The van der Waals surface area contributed by atoms with E-state index in [0.717, 1.165) is 24.8 Å². The average molecular weight is 313 g/mol. The largest absolute Gasteiger partial charge is 0.274 e. The minimum atomic E-state index is -1.27. The molecule has 1 saturated heterocycles. The summed E-state index contributed by atoms with van der Waals surface area (Å²) in [6, 6.07) is 7.32. The van der Waals surface area contributed by atoms with Crippen molar-refractivity contribution in [1.29, 1.82) is 0 Å². The van der Waals surface area contributed by atoms with Gasteiger partial charge in [0.1, 0.15) is 0 Å². The summed E-state index contributed by atoms with van der Waals surface area (Å²) in [7, 11) is -1.27. The number of carbonyl (C=O) groups is 2. The Bertz CT molecular complexity index is 756. The quantitative estimate of drug-likeness (QED) is 0.746. The zero-order valence-electron chi connectivity index (χ0n) is 11.9. The van der Waals surface area contributed by atoms with Gasteiger partial charge in [0.2, 0.25) is 11.8 Å². The van der Waals surface area contributed by atoms with Crippen molar-refractivity contribution in [3.8, 4) is 0 Å². The van der Waals surface area contributed by atoms with Crippen LogP contribution in [0.1, 0.15) is 24.8 Å². The van der Waals surface area contributed by atoms with Crippen LogP contribution in [0, 0.1) is 23.7 Å². The van der Waals surface area contributed by atoms with Gasteiger partial charge in [-0.2, -0.15) is 0 Å². The molecule has 3 unspecified atom stereocenters. The van der Waals surface area contributed by atoms with E-state index in [4.69, 9.17) is 0 Å². The number of imide groups is 1. The Morgan fingerprint density at radius 3 is 2.32 bits per heavy atom. The highest BCUT2D eigenvalue weighted by atomic mass is 32.2. The summed E-state index contributed by atoms with van der Waals surface area (Å²) in [6.45, 7) is 0. The predicted molar refractivity (Wildman–Crippen MR) is 80.5 cm³/mol. The molecule has 22 heavy (non-hydrogen) atoms. The summed E-state index contributed by atoms with van der Waals surface area (Å²) in [5.74, 6) is 0.351. The second kappa shape index (κ2) is 4.16. The first-order valence-electron chi connectivity index (χ1n) is 7.76. The van der Waals surface area contributed by atoms with E-state index in [9.17, 15) is 13.8 Å².